The van der Waals surface area contributed by atoms with Gasteiger partial charge >= 0.3 is 208 Å². The van der Waals surface area contributed by atoms with Crippen LogP contribution >= 0.6 is 0 Å². The first-order valence-electron chi connectivity index (χ1n) is 11.0. The van der Waals surface area contributed by atoms with Crippen LogP contribution in [-0.4, -0.2) is 63.2 Å². The summed E-state index contributed by atoms with van der Waals surface area (Å²) in [5.74, 6) is -0.799. The zero-order valence-electron chi connectivity index (χ0n) is 22.3. The molecule has 0 aliphatic heterocycles. The predicted molar refractivity (Wildman–Crippen MR) is 126 cm³/mol. The maximum absolute atomic E-state index is 13.3. The molecule has 0 bridgehead atoms. The van der Waals surface area contributed by atoms with Gasteiger partial charge in [0, 0.05) is 0 Å². The van der Waals surface area contributed by atoms with Gasteiger partial charge in [-0.15, -0.1) is 0 Å². The molecule has 194 valence electrons. The van der Waals surface area contributed by atoms with E-state index < -0.39 is 58.8 Å². The fourth-order valence-electron chi connectivity index (χ4n) is 4.49. The second-order valence-electron chi connectivity index (χ2n) is 12.0. The van der Waals surface area contributed by atoms with Crippen LogP contribution in [0.3, 0.4) is 0 Å². The van der Waals surface area contributed by atoms with Gasteiger partial charge in [-0.25, -0.2) is 0 Å². The number of rotatable bonds is 15. The van der Waals surface area contributed by atoms with Gasteiger partial charge in [0.25, 0.3) is 0 Å². The molecule has 0 unspecified atom stereocenters. The van der Waals surface area contributed by atoms with Crippen LogP contribution < -0.4 is 21.5 Å². The maximum atomic E-state index is 13.3. The van der Waals surface area contributed by atoms with Gasteiger partial charge in [-0.2, -0.15) is 0 Å². The Morgan fingerprint density at radius 2 is 1.47 bits per heavy atom. The fourth-order valence-corrected chi connectivity index (χ4v) is 10.8. The second-order valence-corrected chi connectivity index (χ2v) is 17.0. The van der Waals surface area contributed by atoms with Crippen molar-refractivity contribution in [2.24, 2.45) is 10.8 Å². The van der Waals surface area contributed by atoms with Crippen molar-refractivity contribution >= 4 is 16.0 Å². The molecule has 0 aliphatic rings. The zero-order valence-corrected chi connectivity index (χ0v) is 25.2. The molecule has 0 rings (SSSR count). The summed E-state index contributed by atoms with van der Waals surface area (Å²) in [5, 5.41) is 9.48. The molecule has 0 aromatic heterocycles. The van der Waals surface area contributed by atoms with Crippen molar-refractivity contribution in [2.75, 3.05) is 25.3 Å². The Labute approximate surface area is 207 Å². The average molecular weight is 593 g/mol. The van der Waals surface area contributed by atoms with E-state index in [2.05, 4.69) is 13.8 Å². The van der Waals surface area contributed by atoms with Crippen LogP contribution in [0.15, 0.2) is 0 Å². The molecule has 0 atom stereocenters. The first-order chi connectivity index (χ1) is 14.1. The van der Waals surface area contributed by atoms with Gasteiger partial charge < -0.3 is 0 Å². The summed E-state index contributed by atoms with van der Waals surface area (Å²) in [5.41, 5.74) is -2.08. The van der Waals surface area contributed by atoms with Crippen LogP contribution in [0.1, 0.15) is 88.5 Å². The van der Waals surface area contributed by atoms with Gasteiger partial charge in [0.2, 0.25) is 0 Å². The fraction of sp³-hybridized carbons (Fsp3) is 0.957. The van der Waals surface area contributed by atoms with Crippen LogP contribution in [0, 0.1) is 10.8 Å². The minimum atomic E-state index is -3.55. The van der Waals surface area contributed by atoms with Crippen molar-refractivity contribution in [1.29, 1.82) is 0 Å². The summed E-state index contributed by atoms with van der Waals surface area (Å²) in [4.78, 5) is 13.5. The van der Waals surface area contributed by atoms with Crippen LogP contribution in [-0.2, 0) is 24.3 Å². The van der Waals surface area contributed by atoms with Gasteiger partial charge in [-0.3, -0.25) is 0 Å². The topological polar surface area (TPSA) is 93.1 Å². The monoisotopic (exact) mass is 592 g/mol. The number of hydrogen-bond donors (Lipinski definition) is 1. The number of sulfonamides is 1. The van der Waals surface area contributed by atoms with E-state index in [4.69, 9.17) is 9.47 Å². The molecule has 0 radical (unpaired) electrons. The molecule has 7 nitrogen and oxygen atoms in total. The number of carboxylic acids is 1. The number of hydrogen-bond acceptors (Lipinski definition) is 5. The van der Waals surface area contributed by atoms with Crippen molar-refractivity contribution in [3.63, 3.8) is 0 Å². The molecule has 0 aromatic carbocycles. The Kier molecular flexibility index (Phi) is 11.2. The summed E-state index contributed by atoms with van der Waals surface area (Å²) < 4.78 is 38.7. The van der Waals surface area contributed by atoms with Gasteiger partial charge in [-0.05, 0) is 0 Å². The third-order valence-corrected chi connectivity index (χ3v) is 12.7. The Morgan fingerprint density at radius 1 is 0.969 bits per heavy atom. The number of aliphatic carboxylic acids is 1. The van der Waals surface area contributed by atoms with E-state index in [1.165, 1.54) is 7.11 Å². The molecule has 1 N–H and O–H groups in total. The third-order valence-electron chi connectivity index (χ3n) is 5.64. The van der Waals surface area contributed by atoms with Crippen LogP contribution in [0.4, 0.5) is 0 Å². The molecular weight excluding hydrogens is 545 g/mol. The van der Waals surface area contributed by atoms with E-state index in [1.54, 1.807) is 30.2 Å². The summed E-state index contributed by atoms with van der Waals surface area (Å²) in [6, 6.07) is 0. The number of halogens is 1. The molecule has 0 amide bonds. The standard InChI is InChI=1S/C23H47INO6S/c1-19(2,15-20(3,4)18(26)27)16-22(7,8)31-14-13-21(5,6)25(24-11)32(28,29)23(9,10)17-30-12/h13-17H2,1-12H3,(H,26,27)/q-1. The summed E-state index contributed by atoms with van der Waals surface area (Å²) in [6.45, 7) is 19.5. The Hall–Kier alpha value is 0.0300. The normalized spacial score (nSPS) is 14.9. The van der Waals surface area contributed by atoms with Crippen LogP contribution in [0.25, 0.3) is 0 Å². The number of ether oxygens (including phenoxy) is 2. The molecule has 0 spiro atoms. The summed E-state index contributed by atoms with van der Waals surface area (Å²) in [6.07, 6.45) is 1.79. The van der Waals surface area contributed by atoms with E-state index in [-0.39, 0.29) is 12.0 Å². The second kappa shape index (κ2) is 11.2. The summed E-state index contributed by atoms with van der Waals surface area (Å²) >= 11 is -0.729. The minimum absolute atomic E-state index is 0.136. The van der Waals surface area contributed by atoms with E-state index in [0.717, 1.165) is 0 Å². The van der Waals surface area contributed by atoms with E-state index in [0.29, 0.717) is 25.9 Å². The van der Waals surface area contributed by atoms with Crippen molar-refractivity contribution in [2.45, 2.75) is 104 Å². The average Bonchev–Trinajstić information content (AvgIpc) is 2.51. The molecule has 0 saturated carbocycles. The van der Waals surface area contributed by atoms with E-state index in [1.807, 2.05) is 32.6 Å². The third kappa shape index (κ3) is 9.00. The van der Waals surface area contributed by atoms with Crippen molar-refractivity contribution < 1.29 is 49.3 Å². The molecule has 0 aromatic rings. The summed E-state index contributed by atoms with van der Waals surface area (Å²) in [7, 11) is -2.03. The van der Waals surface area contributed by atoms with E-state index in [9.17, 15) is 18.3 Å². The molecule has 32 heavy (non-hydrogen) atoms. The molecule has 0 heterocycles. The zero-order chi connectivity index (χ0) is 25.8. The SMILES string of the molecule is COCC(C)(C)S(=O)(=O)N([I-]C)C(C)(C)CCOC(C)(C)CC(C)(C)CC(C)(C)C(=O)O. The molecule has 0 aliphatic carbocycles. The number of nitrogens with zero attached hydrogens (tertiary/aromatic N) is 1. The van der Waals surface area contributed by atoms with Crippen LogP contribution in [0.5, 0.6) is 0 Å². The van der Waals surface area contributed by atoms with Gasteiger partial charge in [0.05, 0.1) is 0 Å². The Morgan fingerprint density at radius 3 is 1.88 bits per heavy atom. The van der Waals surface area contributed by atoms with Gasteiger partial charge in [-0.1, -0.05) is 0 Å². The van der Waals surface area contributed by atoms with E-state index >= 15 is 0 Å². The Balaban J connectivity index is 5.27. The van der Waals surface area contributed by atoms with Gasteiger partial charge in [0.15, 0.2) is 0 Å². The Bertz CT molecular complexity index is 729. The molecular formula is C23H47INO6S-. The van der Waals surface area contributed by atoms with Gasteiger partial charge in [0.1, 0.15) is 0 Å². The first kappa shape index (κ1) is 32.0. The molecule has 0 saturated heterocycles. The number of carbonyl (C=O) groups is 1. The van der Waals surface area contributed by atoms with Crippen molar-refractivity contribution in [1.82, 2.24) is 2.52 Å². The quantitative estimate of drug-likeness (QED) is 0.176. The molecule has 0 fully saturated rings. The van der Waals surface area contributed by atoms with Crippen molar-refractivity contribution in [3.8, 4) is 0 Å². The number of carboxylic acid groups (broad SMARTS) is 1. The number of alkyl halides is 1. The first-order valence-corrected chi connectivity index (χ1v) is 15.5. The number of methoxy groups -OCH3 is 1. The van der Waals surface area contributed by atoms with Crippen LogP contribution in [0.2, 0.25) is 0 Å². The van der Waals surface area contributed by atoms with Crippen molar-refractivity contribution in [3.05, 3.63) is 0 Å². The molecule has 9 heteroatoms. The predicted octanol–water partition coefficient (Wildman–Crippen LogP) is 1.56.